The number of primary sulfonamides is 1. The summed E-state index contributed by atoms with van der Waals surface area (Å²) in [4.78, 5) is 33.6. The molecule has 0 fully saturated rings. The Morgan fingerprint density at radius 1 is 1.21 bits per heavy atom. The van der Waals surface area contributed by atoms with Gasteiger partial charge in [0.05, 0.1) is 22.8 Å². The number of carbonyl (C=O) groups excluding carboxylic acids is 1. The Morgan fingerprint density at radius 2 is 1.75 bits per heavy atom. The first-order valence-electron chi connectivity index (χ1n) is 5.81. The van der Waals surface area contributed by atoms with Gasteiger partial charge in [-0.1, -0.05) is 11.6 Å². The van der Waals surface area contributed by atoms with Crippen LogP contribution in [0.1, 0.15) is 10.4 Å². The van der Waals surface area contributed by atoms with Gasteiger partial charge in [-0.25, -0.2) is 18.4 Å². The summed E-state index contributed by atoms with van der Waals surface area (Å²) in [5.74, 6) is -3.87. The maximum Gasteiger partial charge on any atom is 0.335 e. The molecular weight excluding hydrogens is 434 g/mol. The molecule has 0 aliphatic rings. The number of nitrogens with zero attached hydrogens (tertiary/aromatic N) is 1. The number of halogens is 2. The van der Waals surface area contributed by atoms with Crippen molar-refractivity contribution in [3.8, 4) is 0 Å². The van der Waals surface area contributed by atoms with E-state index >= 15 is 0 Å². The molecule has 134 valence electrons. The fourth-order valence-corrected chi connectivity index (χ4v) is 2.84. The highest BCUT2D eigenvalue weighted by molar-refractivity contribution is 8.93. The lowest BCUT2D eigenvalue weighted by Crippen LogP contribution is -2.40. The van der Waals surface area contributed by atoms with Crippen LogP contribution in [0.4, 0.5) is 5.69 Å². The quantitative estimate of drug-likeness (QED) is 0.457. The SMILES string of the molecule is Br.NCC(=O)N(CC(=O)O)c1cc(C(=O)O)cc(S(N)(=O)=O)c1Cl. The van der Waals surface area contributed by atoms with Gasteiger partial charge in [-0.2, -0.15) is 0 Å². The normalized spacial score (nSPS) is 10.6. The molecule has 0 saturated carbocycles. The average molecular weight is 447 g/mol. The van der Waals surface area contributed by atoms with Crippen LogP contribution < -0.4 is 15.8 Å². The van der Waals surface area contributed by atoms with E-state index in [2.05, 4.69) is 0 Å². The number of carboxylic acids is 2. The molecule has 0 atom stereocenters. The highest BCUT2D eigenvalue weighted by Gasteiger charge is 2.26. The number of aliphatic carboxylic acids is 1. The minimum Gasteiger partial charge on any atom is -0.480 e. The molecule has 13 heteroatoms. The molecule has 10 nitrogen and oxygen atoms in total. The Hall–Kier alpha value is -1.73. The number of anilines is 1. The number of carbonyl (C=O) groups is 3. The molecule has 1 amide bonds. The van der Waals surface area contributed by atoms with E-state index in [1.807, 2.05) is 0 Å². The van der Waals surface area contributed by atoms with Crippen LogP contribution in [-0.2, 0) is 19.6 Å². The Morgan fingerprint density at radius 3 is 2.12 bits per heavy atom. The molecule has 0 unspecified atom stereocenters. The summed E-state index contributed by atoms with van der Waals surface area (Å²) in [6.07, 6.45) is 0. The monoisotopic (exact) mass is 445 g/mol. The molecule has 0 radical (unpaired) electrons. The van der Waals surface area contributed by atoms with Crippen molar-refractivity contribution in [3.05, 3.63) is 22.7 Å². The molecule has 1 aromatic rings. The molecule has 0 aliphatic heterocycles. The van der Waals surface area contributed by atoms with Crippen molar-refractivity contribution >= 4 is 62.1 Å². The van der Waals surface area contributed by atoms with Crippen LogP contribution in [0.5, 0.6) is 0 Å². The number of carboxylic acid groups (broad SMARTS) is 2. The highest BCUT2D eigenvalue weighted by atomic mass is 79.9. The van der Waals surface area contributed by atoms with E-state index in [0.29, 0.717) is 11.0 Å². The molecule has 1 aromatic carbocycles. The number of nitrogens with two attached hydrogens (primary N) is 2. The van der Waals surface area contributed by atoms with Crippen LogP contribution in [0.3, 0.4) is 0 Å². The van der Waals surface area contributed by atoms with Crippen LogP contribution in [0.15, 0.2) is 17.0 Å². The molecule has 0 heterocycles. The molecular formula is C11H13BrClN3O7S. The Labute approximate surface area is 151 Å². The Kier molecular flexibility index (Phi) is 7.79. The topological polar surface area (TPSA) is 181 Å². The molecule has 0 bridgehead atoms. The van der Waals surface area contributed by atoms with Gasteiger partial charge < -0.3 is 15.9 Å². The summed E-state index contributed by atoms with van der Waals surface area (Å²) in [6.45, 7) is -1.51. The summed E-state index contributed by atoms with van der Waals surface area (Å²) < 4.78 is 23.0. The standard InChI is InChI=1S/C11H12ClN3O7S.BrH/c12-10-6(15(4-9(17)18)8(16)3-13)1-5(11(19)20)2-7(10)23(14,21)22;/h1-2H,3-4,13H2,(H,17,18)(H,19,20)(H2,14,21,22);1H. The van der Waals surface area contributed by atoms with Gasteiger partial charge in [0.2, 0.25) is 15.9 Å². The van der Waals surface area contributed by atoms with E-state index in [9.17, 15) is 22.8 Å². The van der Waals surface area contributed by atoms with Crippen molar-refractivity contribution in [2.45, 2.75) is 4.90 Å². The van der Waals surface area contributed by atoms with E-state index in [1.165, 1.54) is 0 Å². The van der Waals surface area contributed by atoms with E-state index in [-0.39, 0.29) is 17.0 Å². The van der Waals surface area contributed by atoms with Crippen LogP contribution >= 0.6 is 28.6 Å². The molecule has 1 rings (SSSR count). The van der Waals surface area contributed by atoms with E-state index in [1.54, 1.807) is 0 Å². The minimum atomic E-state index is -4.42. The smallest absolute Gasteiger partial charge is 0.335 e. The van der Waals surface area contributed by atoms with Crippen LogP contribution in [0, 0.1) is 0 Å². The van der Waals surface area contributed by atoms with E-state index in [0.717, 1.165) is 6.07 Å². The van der Waals surface area contributed by atoms with Crippen LogP contribution in [0.2, 0.25) is 5.02 Å². The van der Waals surface area contributed by atoms with Crippen LogP contribution in [0.25, 0.3) is 0 Å². The van der Waals surface area contributed by atoms with Crippen molar-refractivity contribution in [2.75, 3.05) is 18.0 Å². The first-order valence-corrected chi connectivity index (χ1v) is 7.73. The highest BCUT2D eigenvalue weighted by Crippen LogP contribution is 2.33. The predicted octanol–water partition coefficient (Wildman–Crippen LogP) is -0.360. The number of sulfonamides is 1. The summed E-state index contributed by atoms with van der Waals surface area (Å²) >= 11 is 5.87. The third kappa shape index (κ3) is 5.14. The van der Waals surface area contributed by atoms with E-state index < -0.39 is 62.1 Å². The van der Waals surface area contributed by atoms with Gasteiger partial charge in [0.1, 0.15) is 11.4 Å². The van der Waals surface area contributed by atoms with Gasteiger partial charge in [-0.05, 0) is 12.1 Å². The first-order chi connectivity index (χ1) is 10.5. The first kappa shape index (κ1) is 22.3. The second-order valence-corrected chi connectivity index (χ2v) is 6.14. The van der Waals surface area contributed by atoms with Gasteiger partial charge in [0, 0.05) is 0 Å². The Balaban J connectivity index is 0.00000529. The molecule has 0 aliphatic carbocycles. The lowest BCUT2D eigenvalue weighted by Gasteiger charge is -2.22. The van der Waals surface area contributed by atoms with E-state index in [4.69, 9.17) is 32.7 Å². The zero-order chi connectivity index (χ0) is 17.9. The number of benzene rings is 1. The molecule has 6 N–H and O–H groups in total. The van der Waals surface area contributed by atoms with Crippen molar-refractivity contribution in [1.29, 1.82) is 0 Å². The fourth-order valence-electron chi connectivity index (χ4n) is 1.66. The van der Waals surface area contributed by atoms with Crippen LogP contribution in [-0.4, -0.2) is 49.6 Å². The maximum atomic E-state index is 11.8. The van der Waals surface area contributed by atoms with Crippen molar-refractivity contribution in [3.63, 3.8) is 0 Å². The lowest BCUT2D eigenvalue weighted by molar-refractivity contribution is -0.136. The van der Waals surface area contributed by atoms with Gasteiger partial charge in [0.25, 0.3) is 0 Å². The zero-order valence-electron chi connectivity index (χ0n) is 11.8. The maximum absolute atomic E-state index is 11.8. The number of rotatable bonds is 6. The van der Waals surface area contributed by atoms with Gasteiger partial charge >= 0.3 is 11.9 Å². The molecule has 0 aromatic heterocycles. The zero-order valence-corrected chi connectivity index (χ0v) is 15.1. The molecule has 0 spiro atoms. The number of hydrogen-bond donors (Lipinski definition) is 4. The largest absolute Gasteiger partial charge is 0.480 e. The summed E-state index contributed by atoms with van der Waals surface area (Å²) in [7, 11) is -4.42. The third-order valence-corrected chi connectivity index (χ3v) is 4.08. The Bertz CT molecular complexity index is 784. The fraction of sp³-hybridized carbons (Fsp3) is 0.182. The summed E-state index contributed by atoms with van der Waals surface area (Å²) in [6, 6.07) is 1.56. The minimum absolute atomic E-state index is 0. The molecule has 0 saturated heterocycles. The average Bonchev–Trinajstić information content (AvgIpc) is 2.42. The van der Waals surface area contributed by atoms with Crippen molar-refractivity contribution in [1.82, 2.24) is 0 Å². The second-order valence-electron chi connectivity index (χ2n) is 4.24. The lowest BCUT2D eigenvalue weighted by atomic mass is 10.1. The van der Waals surface area contributed by atoms with Gasteiger partial charge in [0.15, 0.2) is 0 Å². The second kappa shape index (κ2) is 8.39. The summed E-state index contributed by atoms with van der Waals surface area (Å²) in [5, 5.41) is 22.3. The number of amides is 1. The third-order valence-electron chi connectivity index (χ3n) is 2.63. The summed E-state index contributed by atoms with van der Waals surface area (Å²) in [5.41, 5.74) is 4.19. The number of hydrogen-bond acceptors (Lipinski definition) is 6. The molecule has 24 heavy (non-hydrogen) atoms. The van der Waals surface area contributed by atoms with Crippen molar-refractivity contribution < 1.29 is 33.0 Å². The van der Waals surface area contributed by atoms with Gasteiger partial charge in [-0.3, -0.25) is 14.5 Å². The predicted molar refractivity (Wildman–Crippen MR) is 89.1 cm³/mol. The van der Waals surface area contributed by atoms with Gasteiger partial charge in [-0.15, -0.1) is 17.0 Å². The van der Waals surface area contributed by atoms with Crippen molar-refractivity contribution in [2.24, 2.45) is 10.9 Å². The number of aromatic carboxylic acids is 1.